The monoisotopic (exact) mass is 518 g/mol. The molecule has 0 radical (unpaired) electrons. The number of para-hydroxylation sites is 3. The number of aromatic amines is 2. The maximum Gasteiger partial charge on any atom is 0.246 e. The van der Waals surface area contributed by atoms with Crippen LogP contribution in [0.15, 0.2) is 79.0 Å². The molecule has 1 saturated heterocycles. The lowest BCUT2D eigenvalue weighted by atomic mass is 9.86. The van der Waals surface area contributed by atoms with Gasteiger partial charge in [0.1, 0.15) is 17.8 Å². The molecule has 2 amide bonds. The molecule has 0 spiro atoms. The predicted molar refractivity (Wildman–Crippen MR) is 151 cm³/mol. The summed E-state index contributed by atoms with van der Waals surface area (Å²) < 4.78 is 6.01. The Morgan fingerprint density at radius 1 is 0.923 bits per heavy atom. The van der Waals surface area contributed by atoms with E-state index in [0.29, 0.717) is 26.0 Å². The normalized spacial score (nSPS) is 19.0. The molecule has 7 nitrogen and oxygen atoms in total. The van der Waals surface area contributed by atoms with Crippen LogP contribution < -0.4 is 4.74 Å². The zero-order valence-electron chi connectivity index (χ0n) is 21.8. The van der Waals surface area contributed by atoms with Gasteiger partial charge in [0.25, 0.3) is 0 Å². The van der Waals surface area contributed by atoms with Crippen molar-refractivity contribution < 1.29 is 14.3 Å². The lowest BCUT2D eigenvalue weighted by Crippen LogP contribution is -2.63. The van der Waals surface area contributed by atoms with Crippen molar-refractivity contribution in [3.05, 3.63) is 101 Å². The number of hydrogen-bond donors (Lipinski definition) is 2. The molecule has 0 bridgehead atoms. The maximum absolute atomic E-state index is 14.1. The van der Waals surface area contributed by atoms with Gasteiger partial charge in [-0.05, 0) is 42.7 Å². The Morgan fingerprint density at radius 3 is 2.51 bits per heavy atom. The van der Waals surface area contributed by atoms with Crippen molar-refractivity contribution in [1.29, 1.82) is 0 Å². The molecule has 2 N–H and O–H groups in total. The highest BCUT2D eigenvalue weighted by molar-refractivity contribution is 5.98. The van der Waals surface area contributed by atoms with E-state index in [9.17, 15) is 9.59 Å². The topological polar surface area (TPSA) is 81.4 Å². The third-order valence-corrected chi connectivity index (χ3v) is 8.18. The van der Waals surface area contributed by atoms with Crippen molar-refractivity contribution in [3.63, 3.8) is 0 Å². The van der Waals surface area contributed by atoms with Crippen molar-refractivity contribution >= 4 is 33.6 Å². The predicted octanol–water partition coefficient (Wildman–Crippen LogP) is 4.98. The number of carbonyl (C=O) groups is 2. The van der Waals surface area contributed by atoms with E-state index >= 15 is 0 Å². The molecule has 2 aliphatic rings. The number of hydrogen-bond acceptors (Lipinski definition) is 3. The van der Waals surface area contributed by atoms with Gasteiger partial charge in [-0.2, -0.15) is 0 Å². The second-order valence-corrected chi connectivity index (χ2v) is 10.3. The van der Waals surface area contributed by atoms with Crippen LogP contribution >= 0.6 is 0 Å². The number of nitrogens with zero attached hydrogens (tertiary/aromatic N) is 2. The van der Waals surface area contributed by atoms with Crippen LogP contribution in [0.3, 0.4) is 0 Å². The molecule has 2 aromatic heterocycles. The van der Waals surface area contributed by atoms with Crippen LogP contribution in [0.4, 0.5) is 0 Å². The summed E-state index contributed by atoms with van der Waals surface area (Å²) in [5.41, 5.74) is 6.20. The van der Waals surface area contributed by atoms with Crippen LogP contribution in [-0.4, -0.2) is 57.3 Å². The Hall–Kier alpha value is -4.52. The van der Waals surface area contributed by atoms with Gasteiger partial charge < -0.3 is 24.5 Å². The average Bonchev–Trinajstić information content (AvgIpc) is 3.55. The number of nitrogens with one attached hydrogen (secondary N) is 2. The number of amides is 2. The Balaban J connectivity index is 1.27. The van der Waals surface area contributed by atoms with Gasteiger partial charge in [-0.15, -0.1) is 0 Å². The molecule has 7 heteroatoms. The van der Waals surface area contributed by atoms with Crippen molar-refractivity contribution in [2.24, 2.45) is 0 Å². The standard InChI is InChI=1S/C32H30N4O3/c1-2-39-28-14-8-5-11-23(28)31-30-24(22-10-4-7-13-26(22)34-30)17-27-32(38)35(19-29(37)36(27)31)16-15-20-18-33-25-12-6-3-9-21(20)25/h3-14,18,27,31,33-34H,2,15-17,19H2,1H3/t27-,31+/m0/s1. The van der Waals surface area contributed by atoms with E-state index < -0.39 is 12.1 Å². The lowest BCUT2D eigenvalue weighted by molar-refractivity contribution is -0.158. The van der Waals surface area contributed by atoms with Gasteiger partial charge in [0.2, 0.25) is 11.8 Å². The Bertz CT molecular complexity index is 1720. The number of rotatable bonds is 6. The molecule has 39 heavy (non-hydrogen) atoms. The highest BCUT2D eigenvalue weighted by Gasteiger charge is 2.48. The maximum atomic E-state index is 14.1. The minimum absolute atomic E-state index is 0.00395. The van der Waals surface area contributed by atoms with Crippen LogP contribution in [0.25, 0.3) is 21.8 Å². The fourth-order valence-corrected chi connectivity index (χ4v) is 6.42. The highest BCUT2D eigenvalue weighted by Crippen LogP contribution is 2.44. The van der Waals surface area contributed by atoms with Crippen LogP contribution in [0.2, 0.25) is 0 Å². The molecule has 196 valence electrons. The Morgan fingerprint density at radius 2 is 1.67 bits per heavy atom. The zero-order chi connectivity index (χ0) is 26.5. The third-order valence-electron chi connectivity index (χ3n) is 8.18. The van der Waals surface area contributed by atoms with Crippen LogP contribution in [-0.2, 0) is 22.4 Å². The molecule has 1 fully saturated rings. The Kier molecular flexibility index (Phi) is 5.65. The summed E-state index contributed by atoms with van der Waals surface area (Å²) in [4.78, 5) is 38.4. The molecular formula is C32H30N4O3. The third kappa shape index (κ3) is 3.80. The Labute approximate surface area is 226 Å². The van der Waals surface area contributed by atoms with Crippen molar-refractivity contribution in [3.8, 4) is 5.75 Å². The molecule has 0 saturated carbocycles. The van der Waals surface area contributed by atoms with E-state index in [2.05, 4.69) is 28.2 Å². The average molecular weight is 519 g/mol. The van der Waals surface area contributed by atoms with Crippen LogP contribution in [0.1, 0.15) is 35.3 Å². The van der Waals surface area contributed by atoms with Crippen LogP contribution in [0.5, 0.6) is 5.75 Å². The summed E-state index contributed by atoms with van der Waals surface area (Å²) >= 11 is 0. The van der Waals surface area contributed by atoms with E-state index in [1.165, 1.54) is 0 Å². The number of carbonyl (C=O) groups excluding carboxylic acids is 2. The summed E-state index contributed by atoms with van der Waals surface area (Å²) in [6, 6.07) is 23.2. The first kappa shape index (κ1) is 23.6. The summed E-state index contributed by atoms with van der Waals surface area (Å²) in [6.45, 7) is 3.04. The van der Waals surface area contributed by atoms with E-state index in [0.717, 1.165) is 49.9 Å². The van der Waals surface area contributed by atoms with Crippen molar-refractivity contribution in [2.45, 2.75) is 31.8 Å². The molecule has 0 unspecified atom stereocenters. The minimum Gasteiger partial charge on any atom is -0.494 e. The molecule has 0 aliphatic carbocycles. The molecule has 2 aliphatic heterocycles. The first-order valence-electron chi connectivity index (χ1n) is 13.6. The number of benzene rings is 3. The molecule has 3 aromatic carbocycles. The van der Waals surface area contributed by atoms with E-state index in [-0.39, 0.29) is 18.4 Å². The van der Waals surface area contributed by atoms with Gasteiger partial charge >= 0.3 is 0 Å². The molecule has 7 rings (SSSR count). The first-order chi connectivity index (χ1) is 19.1. The quantitative estimate of drug-likeness (QED) is 0.333. The molecule has 2 atom stereocenters. The van der Waals surface area contributed by atoms with Gasteiger partial charge in [-0.1, -0.05) is 54.6 Å². The smallest absolute Gasteiger partial charge is 0.246 e. The fourth-order valence-electron chi connectivity index (χ4n) is 6.42. The molecule has 4 heterocycles. The van der Waals surface area contributed by atoms with Gasteiger partial charge in [0, 0.05) is 52.2 Å². The van der Waals surface area contributed by atoms with Gasteiger partial charge in [0.05, 0.1) is 13.2 Å². The largest absolute Gasteiger partial charge is 0.494 e. The van der Waals surface area contributed by atoms with E-state index in [1.807, 2.05) is 67.7 Å². The van der Waals surface area contributed by atoms with Crippen molar-refractivity contribution in [2.75, 3.05) is 19.7 Å². The second kappa shape index (κ2) is 9.34. The van der Waals surface area contributed by atoms with Crippen molar-refractivity contribution in [1.82, 2.24) is 19.8 Å². The second-order valence-electron chi connectivity index (χ2n) is 10.3. The number of H-pyrrole nitrogens is 2. The number of fused-ring (bicyclic) bond motifs is 5. The zero-order valence-corrected chi connectivity index (χ0v) is 21.8. The molecule has 5 aromatic rings. The minimum atomic E-state index is -0.569. The van der Waals surface area contributed by atoms with E-state index in [1.54, 1.807) is 9.80 Å². The summed E-state index contributed by atoms with van der Waals surface area (Å²) in [7, 11) is 0. The number of ether oxygens (including phenoxy) is 1. The van der Waals surface area contributed by atoms with Gasteiger partial charge in [-0.3, -0.25) is 9.59 Å². The SMILES string of the molecule is CCOc1ccccc1[C@@H]1c2[nH]c3ccccc3c2C[C@H]2C(=O)N(CCc3c[nH]c4ccccc34)CC(=O)N12. The fraction of sp³-hybridized carbons (Fsp3) is 0.250. The van der Waals surface area contributed by atoms with Gasteiger partial charge in [-0.25, -0.2) is 0 Å². The number of piperazine rings is 1. The lowest BCUT2D eigenvalue weighted by Gasteiger charge is -2.47. The van der Waals surface area contributed by atoms with Gasteiger partial charge in [0.15, 0.2) is 0 Å². The highest BCUT2D eigenvalue weighted by atomic mass is 16.5. The van der Waals surface area contributed by atoms with E-state index in [4.69, 9.17) is 4.74 Å². The first-order valence-corrected chi connectivity index (χ1v) is 13.6. The summed E-state index contributed by atoms with van der Waals surface area (Å²) in [6.07, 6.45) is 3.18. The molecular weight excluding hydrogens is 488 g/mol. The number of aromatic nitrogens is 2. The summed E-state index contributed by atoms with van der Waals surface area (Å²) in [5, 5.41) is 2.26. The van der Waals surface area contributed by atoms with Crippen LogP contribution in [0, 0.1) is 0 Å². The summed E-state index contributed by atoms with van der Waals surface area (Å²) in [5.74, 6) is 0.695.